The summed E-state index contributed by atoms with van der Waals surface area (Å²) in [6.45, 7) is 26.8. The molecule has 33 heavy (non-hydrogen) atoms. The second kappa shape index (κ2) is 10.5. The number of carbonyl (C=O) groups excluding carboxylic acids is 1. The van der Waals surface area contributed by atoms with Gasteiger partial charge in [0.1, 0.15) is 6.10 Å². The van der Waals surface area contributed by atoms with Gasteiger partial charge < -0.3 is 8.85 Å². The van der Waals surface area contributed by atoms with Gasteiger partial charge in [0.2, 0.25) is 0 Å². The van der Waals surface area contributed by atoms with Crippen molar-refractivity contribution in [2.24, 2.45) is 11.8 Å². The van der Waals surface area contributed by atoms with Crippen molar-refractivity contribution in [3.05, 3.63) is 12.2 Å². The summed E-state index contributed by atoms with van der Waals surface area (Å²) in [6, 6.07) is 0. The lowest BCUT2D eigenvalue weighted by atomic mass is 9.93. The van der Waals surface area contributed by atoms with E-state index in [0.29, 0.717) is 17.9 Å². The lowest BCUT2D eigenvalue weighted by molar-refractivity contribution is -0.115. The van der Waals surface area contributed by atoms with Crippen molar-refractivity contribution < 1.29 is 13.6 Å². The first-order chi connectivity index (χ1) is 15.0. The Hall–Kier alpha value is -0.676. The molecule has 0 aromatic rings. The van der Waals surface area contributed by atoms with E-state index in [1.165, 1.54) is 38.5 Å². The normalized spacial score (nSPS) is 24.9. The third-order valence-electron chi connectivity index (χ3n) is 8.68. The van der Waals surface area contributed by atoms with Crippen LogP contribution in [0.1, 0.15) is 86.5 Å². The molecule has 0 heterocycles. The number of rotatable bonds is 5. The second-order valence-corrected chi connectivity index (χ2v) is 22.9. The monoisotopic (exact) mass is 490 g/mol. The molecule has 188 valence electrons. The fraction of sp³-hybridized carbons (Fsp3) is 0.821. The van der Waals surface area contributed by atoms with Crippen LogP contribution in [0.15, 0.2) is 12.2 Å². The van der Waals surface area contributed by atoms with E-state index in [4.69, 9.17) is 8.85 Å². The van der Waals surface area contributed by atoms with Crippen LogP contribution in [0.3, 0.4) is 0 Å². The number of carbonyl (C=O) groups is 1. The van der Waals surface area contributed by atoms with Crippen LogP contribution in [-0.4, -0.2) is 34.6 Å². The fourth-order valence-electron chi connectivity index (χ4n) is 4.20. The third kappa shape index (κ3) is 7.16. The van der Waals surface area contributed by atoms with Crippen LogP contribution in [0, 0.1) is 23.7 Å². The second-order valence-electron chi connectivity index (χ2n) is 13.4. The maximum atomic E-state index is 12.6. The zero-order valence-corrected chi connectivity index (χ0v) is 25.2. The Bertz CT molecular complexity index is 766. The molecular formula is C28H50O3Si2. The van der Waals surface area contributed by atoms with E-state index < -0.39 is 16.6 Å². The van der Waals surface area contributed by atoms with Gasteiger partial charge in [-0.3, -0.25) is 4.79 Å². The molecule has 0 aromatic heterocycles. The minimum Gasteiger partial charge on any atom is -0.412 e. The van der Waals surface area contributed by atoms with Crippen molar-refractivity contribution >= 4 is 22.4 Å². The van der Waals surface area contributed by atoms with Crippen molar-refractivity contribution in [3.8, 4) is 11.8 Å². The van der Waals surface area contributed by atoms with Gasteiger partial charge in [0.05, 0.1) is 12.0 Å². The minimum absolute atomic E-state index is 0.0685. The summed E-state index contributed by atoms with van der Waals surface area (Å²) < 4.78 is 13.6. The quantitative estimate of drug-likeness (QED) is 0.170. The average Bonchev–Trinajstić information content (AvgIpc) is 2.84. The summed E-state index contributed by atoms with van der Waals surface area (Å²) >= 11 is 0. The number of Topliss-reactive ketones (excluding diaryl/α,β-unsaturated/α-hetero) is 1. The first-order valence-corrected chi connectivity index (χ1v) is 18.9. The lowest BCUT2D eigenvalue weighted by Gasteiger charge is -2.40. The molecule has 3 atom stereocenters. The molecule has 2 aliphatic rings. The Kier molecular flexibility index (Phi) is 9.11. The fourth-order valence-corrected chi connectivity index (χ4v) is 6.77. The minimum atomic E-state index is -2.01. The topological polar surface area (TPSA) is 35.5 Å². The lowest BCUT2D eigenvalue weighted by Crippen LogP contribution is -2.45. The summed E-state index contributed by atoms with van der Waals surface area (Å²) in [4.78, 5) is 12.6. The molecule has 0 N–H and O–H groups in total. The molecule has 0 unspecified atom stereocenters. The Balaban J connectivity index is 2.35. The molecule has 2 rings (SSSR count). The zero-order valence-electron chi connectivity index (χ0n) is 23.2. The molecule has 5 heteroatoms. The van der Waals surface area contributed by atoms with E-state index in [2.05, 4.69) is 86.2 Å². The van der Waals surface area contributed by atoms with Gasteiger partial charge in [-0.2, -0.15) is 0 Å². The summed E-state index contributed by atoms with van der Waals surface area (Å²) in [5, 5.41) is 0.227. The molecule has 3 nitrogen and oxygen atoms in total. The Morgan fingerprint density at radius 1 is 0.909 bits per heavy atom. The van der Waals surface area contributed by atoms with Crippen LogP contribution in [0.4, 0.5) is 0 Å². The van der Waals surface area contributed by atoms with Crippen LogP contribution in [0.5, 0.6) is 0 Å². The van der Waals surface area contributed by atoms with Crippen molar-refractivity contribution in [1.82, 2.24) is 0 Å². The smallest absolute Gasteiger partial charge is 0.193 e. The van der Waals surface area contributed by atoms with Crippen molar-refractivity contribution in [2.75, 3.05) is 0 Å². The maximum Gasteiger partial charge on any atom is 0.193 e. The Labute approximate surface area is 206 Å². The van der Waals surface area contributed by atoms with E-state index in [0.717, 1.165) is 0 Å². The van der Waals surface area contributed by atoms with Gasteiger partial charge in [0, 0.05) is 12.0 Å². The van der Waals surface area contributed by atoms with Crippen LogP contribution in [-0.2, 0) is 13.6 Å². The molecule has 0 bridgehead atoms. The van der Waals surface area contributed by atoms with Gasteiger partial charge in [-0.1, -0.05) is 85.6 Å². The molecule has 2 fully saturated rings. The Morgan fingerprint density at radius 2 is 1.42 bits per heavy atom. The van der Waals surface area contributed by atoms with Gasteiger partial charge in [-0.05, 0) is 55.0 Å². The van der Waals surface area contributed by atoms with Crippen molar-refractivity contribution in [1.29, 1.82) is 0 Å². The number of ketones is 1. The number of hydrogen-bond donors (Lipinski definition) is 0. The summed E-state index contributed by atoms with van der Waals surface area (Å²) in [7, 11) is -3.99. The van der Waals surface area contributed by atoms with Crippen molar-refractivity contribution in [2.45, 2.75) is 135 Å². The molecule has 0 saturated heterocycles. The molecule has 2 saturated carbocycles. The van der Waals surface area contributed by atoms with E-state index in [1.807, 2.05) is 0 Å². The molecule has 0 radical (unpaired) electrons. The zero-order chi connectivity index (χ0) is 25.2. The van der Waals surface area contributed by atoms with Gasteiger partial charge in [-0.25, -0.2) is 0 Å². The molecule has 0 aromatic carbocycles. The Morgan fingerprint density at radius 3 is 1.91 bits per heavy atom. The molecule has 0 spiro atoms. The van der Waals surface area contributed by atoms with Gasteiger partial charge in [0.15, 0.2) is 22.4 Å². The largest absolute Gasteiger partial charge is 0.412 e. The highest BCUT2D eigenvalue weighted by molar-refractivity contribution is 6.74. The average molecular weight is 491 g/mol. The van der Waals surface area contributed by atoms with Gasteiger partial charge in [-0.15, -0.1) is 0 Å². The highest BCUT2D eigenvalue weighted by Crippen LogP contribution is 2.42. The van der Waals surface area contributed by atoms with Crippen molar-refractivity contribution in [3.63, 3.8) is 0 Å². The summed E-state index contributed by atoms with van der Waals surface area (Å²) in [6.07, 6.45) is 7.67. The highest BCUT2D eigenvalue weighted by atomic mass is 28.4. The van der Waals surface area contributed by atoms with Crippen LogP contribution in [0.25, 0.3) is 0 Å². The predicted octanol–water partition coefficient (Wildman–Crippen LogP) is 7.89. The summed E-state index contributed by atoms with van der Waals surface area (Å²) in [5.74, 6) is 7.44. The molecule has 0 aliphatic heterocycles. The molecule has 2 aliphatic carbocycles. The van der Waals surface area contributed by atoms with E-state index in [9.17, 15) is 4.79 Å². The van der Waals surface area contributed by atoms with Crippen LogP contribution >= 0.6 is 0 Å². The first kappa shape index (κ1) is 28.6. The number of hydrogen-bond acceptors (Lipinski definition) is 3. The van der Waals surface area contributed by atoms with Crippen LogP contribution in [0.2, 0.25) is 36.3 Å². The standard InChI is InChI=1S/C28H50O3Si2/c1-21-23(26(20-24(21)29)31-33(10,11)28(5,6)7)18-19-25(22-16-14-12-13-15-17-22)30-32(8,9)27(2,3)4/h22-23,25-26H,1,12-17,20H2,2-11H3/t23-,25-,26-/m1/s1. The molecule has 0 amide bonds. The van der Waals surface area contributed by atoms with Gasteiger partial charge in [0.25, 0.3) is 0 Å². The first-order valence-electron chi connectivity index (χ1n) is 13.0. The predicted molar refractivity (Wildman–Crippen MR) is 145 cm³/mol. The van der Waals surface area contributed by atoms with E-state index in [1.54, 1.807) is 0 Å². The molecular weight excluding hydrogens is 440 g/mol. The van der Waals surface area contributed by atoms with E-state index >= 15 is 0 Å². The van der Waals surface area contributed by atoms with Gasteiger partial charge >= 0.3 is 0 Å². The maximum absolute atomic E-state index is 12.6. The highest BCUT2D eigenvalue weighted by Gasteiger charge is 2.45. The van der Waals surface area contributed by atoms with E-state index in [-0.39, 0.29) is 34.0 Å². The van der Waals surface area contributed by atoms with Crippen LogP contribution < -0.4 is 0 Å². The summed E-state index contributed by atoms with van der Waals surface area (Å²) in [5.41, 5.74) is 0.623. The SMILES string of the molecule is C=C1C(=O)C[C@@H](O[Si](C)(C)C(C)(C)C)[C@@H]1C#C[C@@H](O[Si](C)(C)C(C)(C)C)C1CCCCCC1. The third-order valence-corrected chi connectivity index (χ3v) is 17.6.